The topological polar surface area (TPSA) is 107 Å². The van der Waals surface area contributed by atoms with Crippen LogP contribution in [0.2, 0.25) is 0 Å². The number of allylic oxidation sites excluding steroid dienone is 3. The van der Waals surface area contributed by atoms with Crippen molar-refractivity contribution < 1.29 is 24.6 Å². The predicted octanol–water partition coefficient (Wildman–Crippen LogP) is 8.95. The third-order valence-electron chi connectivity index (χ3n) is 16.3. The lowest BCUT2D eigenvalue weighted by Crippen LogP contribution is -2.66. The lowest BCUT2D eigenvalue weighted by molar-refractivity contribution is -0.225. The van der Waals surface area contributed by atoms with Crippen molar-refractivity contribution in [2.24, 2.45) is 56.7 Å². The summed E-state index contributed by atoms with van der Waals surface area (Å²) in [5.74, 6) is 0.801. The Bertz CT molecular complexity index is 1580. The monoisotopic (exact) mass is 700 g/mol. The van der Waals surface area contributed by atoms with E-state index in [1.165, 1.54) is 30.4 Å². The summed E-state index contributed by atoms with van der Waals surface area (Å²) in [5, 5.41) is 22.1. The van der Waals surface area contributed by atoms with Crippen LogP contribution in [0.3, 0.4) is 0 Å². The van der Waals surface area contributed by atoms with Crippen LogP contribution in [0, 0.1) is 56.7 Å². The molecule has 4 fully saturated rings. The molecule has 280 valence electrons. The number of hydrogen-bond donors (Lipinski definition) is 3. The number of carboxylic acids is 2. The van der Waals surface area contributed by atoms with E-state index in [9.17, 15) is 24.6 Å². The average Bonchev–Trinajstić information content (AvgIpc) is 3.47. The number of aromatic carboxylic acids is 1. The van der Waals surface area contributed by atoms with E-state index in [4.69, 9.17) is 0 Å². The molecule has 0 heterocycles. The molecule has 6 rings (SSSR count). The molecule has 0 bridgehead atoms. The molecule has 1 amide bonds. The summed E-state index contributed by atoms with van der Waals surface area (Å²) in [4.78, 5) is 39.2. The smallest absolute Gasteiger partial charge is 0.335 e. The Morgan fingerprint density at radius 3 is 2.24 bits per heavy atom. The second-order valence-corrected chi connectivity index (χ2v) is 18.6. The highest BCUT2D eigenvalue weighted by Crippen LogP contribution is 2.77. The first-order valence-corrected chi connectivity index (χ1v) is 19.9. The molecule has 4 saturated carbocycles. The van der Waals surface area contributed by atoms with Crippen molar-refractivity contribution in [1.82, 2.24) is 10.2 Å². The molecule has 5 aliphatic rings. The van der Waals surface area contributed by atoms with E-state index in [0.29, 0.717) is 54.8 Å². The fraction of sp³-hybridized carbons (Fsp3) is 0.705. The van der Waals surface area contributed by atoms with E-state index < -0.39 is 11.9 Å². The van der Waals surface area contributed by atoms with Crippen molar-refractivity contribution in [3.8, 4) is 0 Å². The summed E-state index contributed by atoms with van der Waals surface area (Å²) >= 11 is 0. The van der Waals surface area contributed by atoms with Crippen LogP contribution in [0.4, 0.5) is 0 Å². The number of fused-ring (bicyclic) bond motifs is 7. The van der Waals surface area contributed by atoms with Crippen LogP contribution in [-0.4, -0.2) is 59.1 Å². The SMILES string of the molecule is C=C(C)[C@@H]1CC[C@]2(C(=O)NCCCN(CC)CC(=O)O)CC[C@]3(C)[C@H](CCC4[C@@]5(C)CC=C(c6ccc(C(=O)O)cc6)C(C)(C)C5CC[C@]43C)C12. The molecule has 0 aliphatic heterocycles. The van der Waals surface area contributed by atoms with Crippen LogP contribution in [-0.2, 0) is 9.59 Å². The largest absolute Gasteiger partial charge is 0.480 e. The third-order valence-corrected chi connectivity index (χ3v) is 16.3. The normalized spacial score (nSPS) is 38.0. The van der Waals surface area contributed by atoms with Gasteiger partial charge in [0.2, 0.25) is 5.91 Å². The molecule has 0 saturated heterocycles. The first-order valence-electron chi connectivity index (χ1n) is 19.9. The zero-order valence-corrected chi connectivity index (χ0v) is 32.4. The van der Waals surface area contributed by atoms with Crippen molar-refractivity contribution in [3.63, 3.8) is 0 Å². The van der Waals surface area contributed by atoms with Crippen LogP contribution >= 0.6 is 0 Å². The van der Waals surface area contributed by atoms with Gasteiger partial charge in [-0.1, -0.05) is 71.9 Å². The maximum Gasteiger partial charge on any atom is 0.335 e. The Balaban J connectivity index is 1.25. The number of carbonyl (C=O) groups excluding carboxylic acids is 1. The van der Waals surface area contributed by atoms with E-state index in [0.717, 1.165) is 50.5 Å². The van der Waals surface area contributed by atoms with Crippen molar-refractivity contribution in [2.75, 3.05) is 26.2 Å². The van der Waals surface area contributed by atoms with Gasteiger partial charge in [-0.15, -0.1) is 0 Å². The van der Waals surface area contributed by atoms with Crippen molar-refractivity contribution in [3.05, 3.63) is 53.6 Å². The van der Waals surface area contributed by atoms with E-state index in [2.05, 4.69) is 59.5 Å². The summed E-state index contributed by atoms with van der Waals surface area (Å²) in [6.07, 6.45) is 13.0. The number of rotatable bonds is 11. The van der Waals surface area contributed by atoms with E-state index in [-0.39, 0.29) is 39.5 Å². The average molecular weight is 701 g/mol. The van der Waals surface area contributed by atoms with E-state index >= 15 is 0 Å². The molecule has 1 aromatic rings. The zero-order valence-electron chi connectivity index (χ0n) is 32.4. The second-order valence-electron chi connectivity index (χ2n) is 18.6. The van der Waals surface area contributed by atoms with Crippen LogP contribution in [0.25, 0.3) is 5.57 Å². The summed E-state index contributed by atoms with van der Waals surface area (Å²) in [5.41, 5.74) is 4.15. The maximum atomic E-state index is 14.4. The first kappa shape index (κ1) is 37.8. The summed E-state index contributed by atoms with van der Waals surface area (Å²) in [6.45, 7) is 23.3. The van der Waals surface area contributed by atoms with Gasteiger partial charge in [0.15, 0.2) is 0 Å². The number of nitrogens with zero attached hydrogens (tertiary/aromatic N) is 1. The molecule has 7 heteroatoms. The summed E-state index contributed by atoms with van der Waals surface area (Å²) in [6, 6.07) is 7.50. The fourth-order valence-electron chi connectivity index (χ4n) is 13.6. The van der Waals surface area contributed by atoms with Crippen LogP contribution < -0.4 is 5.32 Å². The first-order chi connectivity index (χ1) is 24.0. The Labute approximate surface area is 306 Å². The Morgan fingerprint density at radius 1 is 0.902 bits per heavy atom. The highest BCUT2D eigenvalue weighted by Gasteiger charge is 2.71. The van der Waals surface area contributed by atoms with Crippen LogP contribution in [0.5, 0.6) is 0 Å². The molecule has 1 aromatic carbocycles. The molecule has 0 aromatic heterocycles. The number of carbonyl (C=O) groups is 3. The third kappa shape index (κ3) is 5.92. The van der Waals surface area contributed by atoms with Crippen molar-refractivity contribution in [2.45, 2.75) is 113 Å². The minimum Gasteiger partial charge on any atom is -0.480 e. The summed E-state index contributed by atoms with van der Waals surface area (Å²) < 4.78 is 0. The minimum absolute atomic E-state index is 0.0328. The van der Waals surface area contributed by atoms with Crippen LogP contribution in [0.1, 0.15) is 129 Å². The number of aliphatic carboxylic acids is 1. The molecule has 5 aliphatic carbocycles. The molecule has 0 radical (unpaired) electrons. The lowest BCUT2D eigenvalue weighted by Gasteiger charge is -2.72. The number of benzene rings is 1. The van der Waals surface area contributed by atoms with Gasteiger partial charge in [0.1, 0.15) is 0 Å². The highest BCUT2D eigenvalue weighted by molar-refractivity contribution is 5.88. The minimum atomic E-state index is -0.886. The number of carboxylic acid groups (broad SMARTS) is 2. The van der Waals surface area contributed by atoms with Gasteiger partial charge in [-0.05, 0) is 152 Å². The standard InChI is InChI=1S/C44H64N2O5/c1-9-46(27-36(47)48)26-10-25-45-39(51)44-22-17-31(28(2)3)37(44)33-15-16-35-41(6)20-18-32(29-11-13-30(14-12-29)38(49)50)40(4,5)34(41)19-21-43(35,8)42(33,7)23-24-44/h11-14,18,31,33-35,37H,2,9-10,15-17,19-27H2,1,3-8H3,(H,45,51)(H,47,48)(H,49,50)/t31-,33+,34?,35?,37?,41-,42+,43+,44-/m0/s1. The molecular formula is C44H64N2O5. The Morgan fingerprint density at radius 2 is 1.61 bits per heavy atom. The second kappa shape index (κ2) is 13.5. The van der Waals surface area contributed by atoms with Gasteiger partial charge in [-0.2, -0.15) is 0 Å². The molecule has 7 nitrogen and oxygen atoms in total. The molecular weight excluding hydrogens is 636 g/mol. The van der Waals surface area contributed by atoms with E-state index in [1.807, 2.05) is 24.0 Å². The van der Waals surface area contributed by atoms with Gasteiger partial charge in [0.25, 0.3) is 0 Å². The quantitative estimate of drug-likeness (QED) is 0.157. The zero-order chi connectivity index (χ0) is 37.1. The maximum absolute atomic E-state index is 14.4. The fourth-order valence-corrected chi connectivity index (χ4v) is 13.6. The predicted molar refractivity (Wildman–Crippen MR) is 203 cm³/mol. The Kier molecular flexibility index (Phi) is 10.00. The molecule has 51 heavy (non-hydrogen) atoms. The van der Waals surface area contributed by atoms with Gasteiger partial charge < -0.3 is 15.5 Å². The molecule has 9 atom stereocenters. The van der Waals surface area contributed by atoms with Crippen LogP contribution in [0.15, 0.2) is 42.5 Å². The van der Waals surface area contributed by atoms with Crippen molar-refractivity contribution in [1.29, 1.82) is 0 Å². The van der Waals surface area contributed by atoms with Gasteiger partial charge in [0.05, 0.1) is 17.5 Å². The van der Waals surface area contributed by atoms with Gasteiger partial charge >= 0.3 is 11.9 Å². The molecule has 0 spiro atoms. The van der Waals surface area contributed by atoms with Gasteiger partial charge in [-0.25, -0.2) is 4.79 Å². The number of hydrogen-bond acceptors (Lipinski definition) is 4. The van der Waals surface area contributed by atoms with Crippen molar-refractivity contribution >= 4 is 23.4 Å². The number of likely N-dealkylation sites (N-methyl/N-ethyl adjacent to an activating group) is 1. The van der Waals surface area contributed by atoms with E-state index in [1.54, 1.807) is 12.1 Å². The summed E-state index contributed by atoms with van der Waals surface area (Å²) in [7, 11) is 0. The lowest BCUT2D eigenvalue weighted by atomic mass is 9.32. The van der Waals surface area contributed by atoms with Gasteiger partial charge in [0, 0.05) is 13.1 Å². The molecule has 3 unspecified atom stereocenters. The number of amides is 1. The van der Waals surface area contributed by atoms with Gasteiger partial charge in [-0.3, -0.25) is 14.5 Å². The number of nitrogens with one attached hydrogen (secondary N) is 1. The highest BCUT2D eigenvalue weighted by atomic mass is 16.4. The Hall–Kier alpha value is -2.93. The molecule has 3 N–H and O–H groups in total.